The highest BCUT2D eigenvalue weighted by molar-refractivity contribution is 5.96. The fraction of sp³-hybridized carbons (Fsp3) is 0.234. The van der Waals surface area contributed by atoms with E-state index in [4.69, 9.17) is 0 Å². The molecule has 0 fully saturated rings. The Bertz CT molecular complexity index is 2210. The van der Waals surface area contributed by atoms with Gasteiger partial charge in [0.05, 0.1) is 5.69 Å². The van der Waals surface area contributed by atoms with Gasteiger partial charge in [0.2, 0.25) is 0 Å². The van der Waals surface area contributed by atoms with Gasteiger partial charge in [-0.2, -0.15) is 0 Å². The fourth-order valence-electron chi connectivity index (χ4n) is 8.30. The maximum absolute atomic E-state index is 2.52. The van der Waals surface area contributed by atoms with Crippen LogP contribution >= 0.6 is 0 Å². The summed E-state index contributed by atoms with van der Waals surface area (Å²) < 4.78 is 0. The Morgan fingerprint density at radius 2 is 1.06 bits per heavy atom. The number of aryl methyl sites for hydroxylation is 1. The number of rotatable bonds is 4. The molecule has 0 N–H and O–H groups in total. The first-order valence-electron chi connectivity index (χ1n) is 17.4. The molecule has 0 amide bonds. The highest BCUT2D eigenvalue weighted by Gasteiger charge is 2.40. The molecular weight excluding hydrogens is 579 g/mol. The van der Waals surface area contributed by atoms with Gasteiger partial charge in [0, 0.05) is 27.8 Å². The molecule has 2 aliphatic rings. The summed E-state index contributed by atoms with van der Waals surface area (Å²) in [5.74, 6) is 0. The fourth-order valence-corrected chi connectivity index (χ4v) is 8.30. The summed E-state index contributed by atoms with van der Waals surface area (Å²) in [5.41, 5.74) is 19.6. The van der Waals surface area contributed by atoms with E-state index < -0.39 is 0 Å². The van der Waals surface area contributed by atoms with Crippen molar-refractivity contribution < 1.29 is 0 Å². The minimum absolute atomic E-state index is 0.0833. The normalized spacial score (nSPS) is 15.0. The van der Waals surface area contributed by atoms with E-state index in [1.54, 1.807) is 0 Å². The monoisotopic (exact) mass is 623 g/mol. The molecule has 8 rings (SSSR count). The third kappa shape index (κ3) is 4.59. The molecule has 0 heterocycles. The number of anilines is 3. The Morgan fingerprint density at radius 1 is 0.479 bits per heavy atom. The summed E-state index contributed by atoms with van der Waals surface area (Å²) in [6, 6.07) is 47.9. The Hall–Kier alpha value is -4.88. The van der Waals surface area contributed by atoms with E-state index in [2.05, 4.69) is 188 Å². The number of benzene rings is 6. The summed E-state index contributed by atoms with van der Waals surface area (Å²) in [7, 11) is 0. The van der Waals surface area contributed by atoms with Gasteiger partial charge < -0.3 is 4.90 Å². The van der Waals surface area contributed by atoms with Crippen molar-refractivity contribution in [2.75, 3.05) is 4.90 Å². The maximum Gasteiger partial charge on any atom is 0.0545 e. The second-order valence-electron chi connectivity index (χ2n) is 16.0. The minimum Gasteiger partial charge on any atom is -0.310 e. The Labute approximate surface area is 286 Å². The Kier molecular flexibility index (Phi) is 6.70. The van der Waals surface area contributed by atoms with Crippen LogP contribution in [0.1, 0.15) is 81.8 Å². The number of fused-ring (bicyclic) bond motifs is 6. The zero-order valence-electron chi connectivity index (χ0n) is 29.6. The summed E-state index contributed by atoms with van der Waals surface area (Å²) in [6.07, 6.45) is 0. The maximum atomic E-state index is 2.52. The summed E-state index contributed by atoms with van der Waals surface area (Å²) in [5, 5.41) is 0. The van der Waals surface area contributed by atoms with E-state index in [1.807, 2.05) is 0 Å². The summed E-state index contributed by atoms with van der Waals surface area (Å²) in [6.45, 7) is 18.7. The topological polar surface area (TPSA) is 3.24 Å². The molecule has 1 heteroatoms. The highest BCUT2D eigenvalue weighted by atomic mass is 15.1. The van der Waals surface area contributed by atoms with Gasteiger partial charge in [0.1, 0.15) is 0 Å². The first-order valence-corrected chi connectivity index (χ1v) is 17.4. The van der Waals surface area contributed by atoms with E-state index in [0.717, 1.165) is 5.69 Å². The van der Waals surface area contributed by atoms with E-state index in [9.17, 15) is 0 Å². The lowest BCUT2D eigenvalue weighted by Crippen LogP contribution is -2.18. The number of hydrogen-bond donors (Lipinski definition) is 0. The smallest absolute Gasteiger partial charge is 0.0545 e. The molecule has 0 unspecified atom stereocenters. The average Bonchev–Trinajstić information content (AvgIpc) is 3.44. The number of hydrogen-bond acceptors (Lipinski definition) is 1. The van der Waals surface area contributed by atoms with Crippen molar-refractivity contribution in [1.82, 2.24) is 0 Å². The summed E-state index contributed by atoms with van der Waals surface area (Å²) in [4.78, 5) is 2.52. The van der Waals surface area contributed by atoms with Gasteiger partial charge in [-0.15, -0.1) is 0 Å². The molecule has 2 aliphatic carbocycles. The van der Waals surface area contributed by atoms with Crippen molar-refractivity contribution >= 4 is 17.1 Å². The molecule has 0 aliphatic heterocycles. The van der Waals surface area contributed by atoms with Gasteiger partial charge in [0.15, 0.2) is 0 Å². The molecular formula is C47H45N. The molecule has 0 atom stereocenters. The molecule has 0 spiro atoms. The molecule has 0 saturated heterocycles. The zero-order valence-corrected chi connectivity index (χ0v) is 29.6. The lowest BCUT2D eigenvalue weighted by Gasteiger charge is -2.31. The van der Waals surface area contributed by atoms with Crippen LogP contribution < -0.4 is 4.90 Å². The molecule has 0 aromatic heterocycles. The first kappa shape index (κ1) is 30.5. The van der Waals surface area contributed by atoms with Crippen LogP contribution in [0.4, 0.5) is 17.1 Å². The predicted octanol–water partition coefficient (Wildman–Crippen LogP) is 13.0. The highest BCUT2D eigenvalue weighted by Crippen LogP contribution is 2.56. The van der Waals surface area contributed by atoms with Crippen molar-refractivity contribution in [3.63, 3.8) is 0 Å². The lowest BCUT2D eigenvalue weighted by molar-refractivity contribution is 0.584. The third-order valence-corrected chi connectivity index (χ3v) is 11.1. The van der Waals surface area contributed by atoms with Crippen LogP contribution in [-0.4, -0.2) is 0 Å². The van der Waals surface area contributed by atoms with Crippen molar-refractivity contribution in [2.45, 2.75) is 71.6 Å². The van der Waals surface area contributed by atoms with Crippen LogP contribution in [-0.2, 0) is 16.2 Å². The second kappa shape index (κ2) is 10.6. The van der Waals surface area contributed by atoms with Gasteiger partial charge in [-0.05, 0) is 104 Å². The standard InChI is InChI=1S/C47H45N/c1-30-26-42-44(38-24-20-33(45(2,3)4)28-40(38)47(42,7)8)43(27-30)48(34-21-18-32(19-22-34)31-14-10-9-11-15-31)35-23-25-37-36-16-12-13-17-39(36)46(5,6)41(37)29-35/h9-29H,1-8H3. The molecule has 0 radical (unpaired) electrons. The largest absolute Gasteiger partial charge is 0.310 e. The predicted molar refractivity (Wildman–Crippen MR) is 205 cm³/mol. The Morgan fingerprint density at radius 3 is 1.79 bits per heavy atom. The van der Waals surface area contributed by atoms with Crippen LogP contribution in [0, 0.1) is 6.92 Å². The number of nitrogens with zero attached hydrogens (tertiary/aromatic N) is 1. The van der Waals surface area contributed by atoms with Gasteiger partial charge in [-0.1, -0.05) is 146 Å². The van der Waals surface area contributed by atoms with E-state index in [-0.39, 0.29) is 16.2 Å². The Balaban J connectivity index is 1.37. The lowest BCUT2D eigenvalue weighted by atomic mass is 9.79. The molecule has 0 saturated carbocycles. The van der Waals surface area contributed by atoms with Crippen molar-refractivity contribution in [1.29, 1.82) is 0 Å². The molecule has 6 aromatic rings. The van der Waals surface area contributed by atoms with Crippen LogP contribution in [0.5, 0.6) is 0 Å². The van der Waals surface area contributed by atoms with Gasteiger partial charge in [-0.3, -0.25) is 0 Å². The first-order chi connectivity index (χ1) is 22.9. The van der Waals surface area contributed by atoms with Gasteiger partial charge >= 0.3 is 0 Å². The molecule has 6 aromatic carbocycles. The van der Waals surface area contributed by atoms with E-state index >= 15 is 0 Å². The van der Waals surface area contributed by atoms with Crippen LogP contribution in [0.2, 0.25) is 0 Å². The molecule has 238 valence electrons. The SMILES string of the molecule is Cc1cc(N(c2ccc(-c3ccccc3)cc2)c2ccc3c(c2)C(C)(C)c2ccccc2-3)c2c(c1)C(C)(C)c1cc(C(C)(C)C)ccc1-2. The second-order valence-corrected chi connectivity index (χ2v) is 16.0. The van der Waals surface area contributed by atoms with Crippen molar-refractivity contribution in [3.8, 4) is 33.4 Å². The zero-order chi connectivity index (χ0) is 33.6. The molecule has 0 bridgehead atoms. The van der Waals surface area contributed by atoms with E-state index in [1.165, 1.54) is 78.1 Å². The minimum atomic E-state index is -0.114. The third-order valence-electron chi connectivity index (χ3n) is 11.1. The quantitative estimate of drug-likeness (QED) is 0.189. The van der Waals surface area contributed by atoms with Crippen LogP contribution in [0.25, 0.3) is 33.4 Å². The van der Waals surface area contributed by atoms with Gasteiger partial charge in [0.25, 0.3) is 0 Å². The molecule has 1 nitrogen and oxygen atoms in total. The summed E-state index contributed by atoms with van der Waals surface area (Å²) >= 11 is 0. The van der Waals surface area contributed by atoms with Crippen molar-refractivity contribution in [3.05, 3.63) is 161 Å². The van der Waals surface area contributed by atoms with E-state index in [0.29, 0.717) is 0 Å². The average molecular weight is 624 g/mol. The van der Waals surface area contributed by atoms with Crippen LogP contribution in [0.15, 0.2) is 127 Å². The molecule has 48 heavy (non-hydrogen) atoms. The van der Waals surface area contributed by atoms with Crippen molar-refractivity contribution in [2.24, 2.45) is 0 Å². The van der Waals surface area contributed by atoms with Gasteiger partial charge in [-0.25, -0.2) is 0 Å². The van der Waals surface area contributed by atoms with Crippen LogP contribution in [0.3, 0.4) is 0 Å².